The lowest BCUT2D eigenvalue weighted by Gasteiger charge is -2.09. The highest BCUT2D eigenvalue weighted by atomic mass is 35.5. The Morgan fingerprint density at radius 1 is 0.886 bits per heavy atom. The second-order valence-corrected chi connectivity index (χ2v) is 8.41. The molecule has 0 aliphatic rings. The summed E-state index contributed by atoms with van der Waals surface area (Å²) >= 11 is 6.16. The van der Waals surface area contributed by atoms with Crippen molar-refractivity contribution < 1.29 is 14.0 Å². The van der Waals surface area contributed by atoms with E-state index in [0.717, 1.165) is 16.8 Å². The number of benzene rings is 3. The minimum atomic E-state index is -0.321. The molecule has 4 aromatic rings. The van der Waals surface area contributed by atoms with Gasteiger partial charge in [-0.15, -0.1) is 0 Å². The summed E-state index contributed by atoms with van der Waals surface area (Å²) in [4.78, 5) is 24.8. The maximum Gasteiger partial charge on any atom is 0.225 e. The van der Waals surface area contributed by atoms with E-state index in [9.17, 15) is 14.0 Å². The predicted molar refractivity (Wildman–Crippen MR) is 135 cm³/mol. The van der Waals surface area contributed by atoms with Crippen LogP contribution in [-0.4, -0.2) is 21.6 Å². The molecule has 0 saturated heterocycles. The van der Waals surface area contributed by atoms with Crippen molar-refractivity contribution in [3.8, 4) is 16.9 Å². The van der Waals surface area contributed by atoms with Crippen LogP contribution in [-0.2, 0) is 16.1 Å². The highest BCUT2D eigenvalue weighted by molar-refractivity contribution is 6.30. The molecule has 1 aromatic heterocycles. The minimum Gasteiger partial charge on any atom is -0.352 e. The number of amides is 2. The lowest BCUT2D eigenvalue weighted by Crippen LogP contribution is -2.23. The number of hydrogen-bond donors (Lipinski definition) is 2. The van der Waals surface area contributed by atoms with Crippen molar-refractivity contribution in [3.63, 3.8) is 0 Å². The summed E-state index contributed by atoms with van der Waals surface area (Å²) in [5, 5.41) is 10.9. The molecule has 6 nitrogen and oxygen atoms in total. The van der Waals surface area contributed by atoms with Crippen LogP contribution in [0.15, 0.2) is 84.9 Å². The summed E-state index contributed by atoms with van der Waals surface area (Å²) in [5.74, 6) is -0.202. The topological polar surface area (TPSA) is 76.0 Å². The zero-order valence-corrected chi connectivity index (χ0v) is 19.6. The molecule has 0 aliphatic carbocycles. The summed E-state index contributed by atoms with van der Waals surface area (Å²) in [7, 11) is 0. The number of carbonyl (C=O) groups is 2. The van der Waals surface area contributed by atoms with E-state index < -0.39 is 0 Å². The zero-order chi connectivity index (χ0) is 24.6. The van der Waals surface area contributed by atoms with Gasteiger partial charge in [0.15, 0.2) is 0 Å². The SMILES string of the molecule is O=C(CCCC(=O)Nc1cc(-c2ccccc2)nn1-c1cccc(Cl)c1)NCc1ccc(F)cc1. The third-order valence-electron chi connectivity index (χ3n) is 5.31. The summed E-state index contributed by atoms with van der Waals surface area (Å²) in [6.07, 6.45) is 0.765. The normalized spacial score (nSPS) is 10.7. The highest BCUT2D eigenvalue weighted by Crippen LogP contribution is 2.26. The van der Waals surface area contributed by atoms with Crippen LogP contribution in [0.25, 0.3) is 16.9 Å². The summed E-state index contributed by atoms with van der Waals surface area (Å²) < 4.78 is 14.6. The van der Waals surface area contributed by atoms with Gasteiger partial charge >= 0.3 is 0 Å². The van der Waals surface area contributed by atoms with Gasteiger partial charge in [-0.05, 0) is 42.3 Å². The van der Waals surface area contributed by atoms with Crippen molar-refractivity contribution in [2.24, 2.45) is 0 Å². The Hall–Kier alpha value is -3.97. The van der Waals surface area contributed by atoms with Gasteiger partial charge in [0.2, 0.25) is 11.8 Å². The summed E-state index contributed by atoms with van der Waals surface area (Å²) in [6.45, 7) is 0.312. The predicted octanol–water partition coefficient (Wildman–Crippen LogP) is 5.76. The monoisotopic (exact) mass is 490 g/mol. The van der Waals surface area contributed by atoms with Crippen LogP contribution in [0.2, 0.25) is 5.02 Å². The molecule has 35 heavy (non-hydrogen) atoms. The van der Waals surface area contributed by atoms with E-state index in [1.54, 1.807) is 28.9 Å². The van der Waals surface area contributed by atoms with Crippen LogP contribution in [0.4, 0.5) is 10.2 Å². The number of nitrogens with one attached hydrogen (secondary N) is 2. The van der Waals surface area contributed by atoms with E-state index in [1.807, 2.05) is 48.5 Å². The van der Waals surface area contributed by atoms with Crippen LogP contribution in [0, 0.1) is 5.82 Å². The fraction of sp³-hybridized carbons (Fsp3) is 0.148. The molecule has 0 saturated carbocycles. The average molecular weight is 491 g/mol. The average Bonchev–Trinajstić information content (AvgIpc) is 3.28. The molecule has 0 fully saturated rings. The Labute approximate surface area is 207 Å². The van der Waals surface area contributed by atoms with Crippen molar-refractivity contribution >= 4 is 29.2 Å². The van der Waals surface area contributed by atoms with Crippen molar-refractivity contribution in [3.05, 3.63) is 101 Å². The molecular formula is C27H24ClFN4O2. The Kier molecular flexibility index (Phi) is 7.90. The zero-order valence-electron chi connectivity index (χ0n) is 18.9. The molecule has 0 aliphatic heterocycles. The fourth-order valence-electron chi connectivity index (χ4n) is 3.53. The first-order valence-electron chi connectivity index (χ1n) is 11.2. The first-order chi connectivity index (χ1) is 17.0. The second-order valence-electron chi connectivity index (χ2n) is 7.98. The van der Waals surface area contributed by atoms with Gasteiger partial charge in [0.25, 0.3) is 0 Å². The van der Waals surface area contributed by atoms with Crippen molar-refractivity contribution in [2.45, 2.75) is 25.8 Å². The van der Waals surface area contributed by atoms with E-state index in [-0.39, 0.29) is 30.5 Å². The molecule has 1 heterocycles. The largest absolute Gasteiger partial charge is 0.352 e. The third kappa shape index (κ3) is 6.77. The van der Waals surface area contributed by atoms with Gasteiger partial charge < -0.3 is 10.6 Å². The molecule has 0 atom stereocenters. The first kappa shape index (κ1) is 24.2. The Bertz CT molecular complexity index is 1310. The van der Waals surface area contributed by atoms with Gasteiger partial charge in [-0.1, -0.05) is 60.1 Å². The lowest BCUT2D eigenvalue weighted by atomic mass is 10.1. The van der Waals surface area contributed by atoms with Crippen LogP contribution in [0.1, 0.15) is 24.8 Å². The van der Waals surface area contributed by atoms with E-state index in [1.165, 1.54) is 12.1 Å². The number of nitrogens with zero attached hydrogens (tertiary/aromatic N) is 2. The van der Waals surface area contributed by atoms with Crippen LogP contribution >= 0.6 is 11.6 Å². The molecule has 8 heteroatoms. The van der Waals surface area contributed by atoms with Crippen LogP contribution < -0.4 is 10.6 Å². The third-order valence-corrected chi connectivity index (χ3v) is 5.54. The molecule has 178 valence electrons. The maximum absolute atomic E-state index is 13.0. The Morgan fingerprint density at radius 2 is 1.63 bits per heavy atom. The maximum atomic E-state index is 13.0. The van der Waals surface area contributed by atoms with E-state index in [2.05, 4.69) is 15.7 Å². The number of anilines is 1. The Balaban J connectivity index is 1.36. The van der Waals surface area contributed by atoms with Crippen molar-refractivity contribution in [1.29, 1.82) is 0 Å². The Morgan fingerprint density at radius 3 is 2.37 bits per heavy atom. The molecule has 0 bridgehead atoms. The molecule has 2 amide bonds. The van der Waals surface area contributed by atoms with Crippen molar-refractivity contribution in [2.75, 3.05) is 5.32 Å². The van der Waals surface area contributed by atoms with E-state index in [4.69, 9.17) is 11.6 Å². The van der Waals surface area contributed by atoms with Gasteiger partial charge in [0.1, 0.15) is 11.6 Å². The van der Waals surface area contributed by atoms with Gasteiger partial charge in [-0.25, -0.2) is 9.07 Å². The number of hydrogen-bond acceptors (Lipinski definition) is 3. The van der Waals surface area contributed by atoms with E-state index >= 15 is 0 Å². The molecule has 0 spiro atoms. The number of halogens is 2. The molecule has 4 rings (SSSR count). The van der Waals surface area contributed by atoms with Crippen LogP contribution in [0.3, 0.4) is 0 Å². The van der Waals surface area contributed by atoms with Crippen LogP contribution in [0.5, 0.6) is 0 Å². The highest BCUT2D eigenvalue weighted by Gasteiger charge is 2.14. The van der Waals surface area contributed by atoms with Gasteiger partial charge in [-0.3, -0.25) is 9.59 Å². The van der Waals surface area contributed by atoms with Crippen molar-refractivity contribution in [1.82, 2.24) is 15.1 Å². The van der Waals surface area contributed by atoms with Gasteiger partial charge in [-0.2, -0.15) is 5.10 Å². The first-order valence-corrected chi connectivity index (χ1v) is 11.6. The number of rotatable bonds is 9. The fourth-order valence-corrected chi connectivity index (χ4v) is 3.72. The van der Waals surface area contributed by atoms with Gasteiger partial charge in [0, 0.05) is 36.0 Å². The molecule has 3 aromatic carbocycles. The molecular weight excluding hydrogens is 467 g/mol. The lowest BCUT2D eigenvalue weighted by molar-refractivity contribution is -0.121. The van der Waals surface area contributed by atoms with Gasteiger partial charge in [0.05, 0.1) is 11.4 Å². The van der Waals surface area contributed by atoms with E-state index in [0.29, 0.717) is 29.5 Å². The number of aromatic nitrogens is 2. The second kappa shape index (κ2) is 11.4. The number of carbonyl (C=O) groups excluding carboxylic acids is 2. The smallest absolute Gasteiger partial charge is 0.225 e. The molecule has 2 N–H and O–H groups in total. The molecule has 0 unspecified atom stereocenters. The minimum absolute atomic E-state index is 0.169. The molecule has 0 radical (unpaired) electrons. The quantitative estimate of drug-likeness (QED) is 0.313. The standard InChI is InChI=1S/C27H24ClFN4O2/c28-21-8-4-9-23(16-21)33-25(17-24(32-33)20-6-2-1-3-7-20)31-27(35)11-5-10-26(34)30-18-19-12-14-22(29)15-13-19/h1-4,6-9,12-17H,5,10-11,18H2,(H,30,34)(H,31,35). The summed E-state index contributed by atoms with van der Waals surface area (Å²) in [6, 6.07) is 24.6. The summed E-state index contributed by atoms with van der Waals surface area (Å²) in [5.41, 5.74) is 3.15.